The van der Waals surface area contributed by atoms with Crippen LogP contribution in [0.4, 0.5) is 14.4 Å². The first-order chi connectivity index (χ1) is 13.2. The maximum Gasteiger partial charge on any atom is 0.332 e. The fraction of sp³-hybridized carbons (Fsp3) is 0.800. The van der Waals surface area contributed by atoms with Gasteiger partial charge in [-0.1, -0.05) is 0 Å². The molecule has 7 amide bonds. The van der Waals surface area contributed by atoms with Gasteiger partial charge in [0.1, 0.15) is 0 Å². The molecule has 0 unspecified atom stereocenters. The summed E-state index contributed by atoms with van der Waals surface area (Å²) in [6.45, 7) is 17.8. The van der Waals surface area contributed by atoms with Crippen LogP contribution in [0.3, 0.4) is 0 Å². The first kappa shape index (κ1) is 23.0. The van der Waals surface area contributed by atoms with E-state index in [0.717, 1.165) is 4.90 Å². The molecule has 0 bridgehead atoms. The summed E-state index contributed by atoms with van der Waals surface area (Å²) in [5, 5.41) is 0. The van der Waals surface area contributed by atoms with Gasteiger partial charge < -0.3 is 0 Å². The minimum atomic E-state index is -1.82. The minimum absolute atomic E-state index is 0.393. The van der Waals surface area contributed by atoms with E-state index in [2.05, 4.69) is 0 Å². The van der Waals surface area contributed by atoms with Crippen molar-refractivity contribution in [2.24, 2.45) is 0 Å². The van der Waals surface area contributed by atoms with Crippen molar-refractivity contribution in [2.45, 2.75) is 105 Å². The van der Waals surface area contributed by atoms with Crippen LogP contribution in [0.15, 0.2) is 0 Å². The molecule has 9 heteroatoms. The second-order valence-electron chi connectivity index (χ2n) is 9.11. The molecule has 0 atom stereocenters. The van der Waals surface area contributed by atoms with Crippen LogP contribution in [-0.2, 0) is 4.79 Å². The van der Waals surface area contributed by atoms with E-state index in [1.165, 1.54) is 19.6 Å². The lowest BCUT2D eigenvalue weighted by Crippen LogP contribution is -2.83. The highest BCUT2D eigenvalue weighted by atomic mass is 16.2. The van der Waals surface area contributed by atoms with E-state index in [1.807, 2.05) is 0 Å². The largest absolute Gasteiger partial charge is 0.332 e. The molecule has 0 radical (unpaired) electrons. The van der Waals surface area contributed by atoms with E-state index in [4.69, 9.17) is 0 Å². The molecular formula is C20H35N5O4. The van der Waals surface area contributed by atoms with Gasteiger partial charge in [0.05, 0.1) is 0 Å². The van der Waals surface area contributed by atoms with Gasteiger partial charge >= 0.3 is 24.0 Å². The molecule has 2 heterocycles. The molecule has 2 rings (SSSR count). The molecule has 2 aliphatic rings. The van der Waals surface area contributed by atoms with Crippen LogP contribution in [0.25, 0.3) is 0 Å². The molecule has 2 aliphatic heterocycles. The third kappa shape index (κ3) is 2.97. The van der Waals surface area contributed by atoms with E-state index in [9.17, 15) is 19.2 Å². The van der Waals surface area contributed by atoms with E-state index in [1.54, 1.807) is 69.2 Å². The molecular weight excluding hydrogens is 374 g/mol. The summed E-state index contributed by atoms with van der Waals surface area (Å²) in [7, 11) is 0. The van der Waals surface area contributed by atoms with Gasteiger partial charge in [0.15, 0.2) is 0 Å². The summed E-state index contributed by atoms with van der Waals surface area (Å²) in [5.74, 6) is -2.38. The van der Waals surface area contributed by atoms with Crippen LogP contribution in [-0.4, -0.2) is 84.5 Å². The summed E-state index contributed by atoms with van der Waals surface area (Å²) in [4.78, 5) is 60.9. The van der Waals surface area contributed by atoms with Gasteiger partial charge in [-0.25, -0.2) is 19.3 Å². The molecule has 9 nitrogen and oxygen atoms in total. The molecule has 0 N–H and O–H groups in total. The highest BCUT2D eigenvalue weighted by molar-refractivity contribution is 6.12. The van der Waals surface area contributed by atoms with Gasteiger partial charge in [0.25, 0.3) is 5.79 Å². The van der Waals surface area contributed by atoms with E-state index >= 15 is 0 Å². The average molecular weight is 410 g/mol. The molecule has 0 aliphatic carbocycles. The number of imide groups is 2. The Morgan fingerprint density at radius 2 is 0.759 bits per heavy atom. The summed E-state index contributed by atoms with van der Waals surface area (Å²) in [6.07, 6.45) is 0. The Morgan fingerprint density at radius 1 is 0.483 bits per heavy atom. The predicted octanol–water partition coefficient (Wildman–Crippen LogP) is 3.11. The third-order valence-electron chi connectivity index (χ3n) is 5.33. The fourth-order valence-corrected chi connectivity index (χ4v) is 4.38. The molecule has 0 aromatic rings. The van der Waals surface area contributed by atoms with Crippen molar-refractivity contribution >= 4 is 24.0 Å². The Bertz CT molecular complexity index is 688. The number of nitrogens with zero attached hydrogens (tertiary/aromatic N) is 5. The Labute approximate surface area is 173 Å². The van der Waals surface area contributed by atoms with Crippen molar-refractivity contribution in [3.8, 4) is 0 Å². The number of carbonyl (C=O) groups is 4. The topological polar surface area (TPSA) is 84.5 Å². The van der Waals surface area contributed by atoms with E-state index in [0.29, 0.717) is 0 Å². The summed E-state index contributed by atoms with van der Waals surface area (Å²) in [6, 6.07) is -3.68. The number of urea groups is 3. The number of amides is 7. The van der Waals surface area contributed by atoms with Crippen LogP contribution in [0.1, 0.15) is 69.2 Å². The SMILES string of the molecule is CC(C)N1C(=O)N(C(C)C)C2(C(=O)N(C(C)C)C(=O)N2C(C)C)N(C(C)C)C1=O. The zero-order chi connectivity index (χ0) is 22.6. The average Bonchev–Trinajstić information content (AvgIpc) is 2.73. The Balaban J connectivity index is 2.93. The molecule has 164 valence electrons. The van der Waals surface area contributed by atoms with Crippen LogP contribution < -0.4 is 0 Å². The Kier molecular flexibility index (Phi) is 5.94. The van der Waals surface area contributed by atoms with Crippen molar-refractivity contribution in [3.63, 3.8) is 0 Å². The normalized spacial score (nSPS) is 20.4. The monoisotopic (exact) mass is 409 g/mol. The number of rotatable bonds is 5. The quantitative estimate of drug-likeness (QED) is 0.653. The van der Waals surface area contributed by atoms with Crippen molar-refractivity contribution in [1.29, 1.82) is 0 Å². The van der Waals surface area contributed by atoms with E-state index < -0.39 is 60.0 Å². The molecule has 2 saturated heterocycles. The predicted molar refractivity (Wildman–Crippen MR) is 109 cm³/mol. The van der Waals surface area contributed by atoms with Crippen molar-refractivity contribution in [2.75, 3.05) is 0 Å². The summed E-state index contributed by atoms with van der Waals surface area (Å²) >= 11 is 0. The molecule has 29 heavy (non-hydrogen) atoms. The van der Waals surface area contributed by atoms with Crippen LogP contribution in [0.5, 0.6) is 0 Å². The van der Waals surface area contributed by atoms with Gasteiger partial charge in [-0.3, -0.25) is 24.4 Å². The first-order valence-corrected chi connectivity index (χ1v) is 10.4. The maximum absolute atomic E-state index is 13.9. The lowest BCUT2D eigenvalue weighted by Gasteiger charge is -2.58. The molecule has 2 fully saturated rings. The zero-order valence-electron chi connectivity index (χ0n) is 19.3. The molecule has 0 aromatic carbocycles. The van der Waals surface area contributed by atoms with Crippen LogP contribution in [0.2, 0.25) is 0 Å². The summed E-state index contributed by atoms with van der Waals surface area (Å²) < 4.78 is 0. The molecule has 0 aromatic heterocycles. The Hall–Kier alpha value is -2.32. The molecule has 0 saturated carbocycles. The third-order valence-corrected chi connectivity index (χ3v) is 5.33. The number of carbonyl (C=O) groups excluding carboxylic acids is 4. The van der Waals surface area contributed by atoms with Gasteiger partial charge in [-0.2, -0.15) is 0 Å². The highest BCUT2D eigenvalue weighted by Gasteiger charge is 2.72. The molecule has 1 spiro atoms. The maximum atomic E-state index is 13.9. The minimum Gasteiger partial charge on any atom is -0.272 e. The van der Waals surface area contributed by atoms with Crippen molar-refractivity contribution in [1.82, 2.24) is 24.5 Å². The number of hydrogen-bond donors (Lipinski definition) is 0. The second-order valence-corrected chi connectivity index (χ2v) is 9.11. The number of hydrogen-bond acceptors (Lipinski definition) is 4. The smallest absolute Gasteiger partial charge is 0.272 e. The standard InChI is InChI=1S/C20H35N5O4/c1-11(2)21-16(26)20(23(13(5)6)17(21)27)24(14(7)8)18(28)22(12(3)4)19(29)25(20)15(9)10/h11-15H,1-10H3. The van der Waals surface area contributed by atoms with Gasteiger partial charge in [0, 0.05) is 30.2 Å². The Morgan fingerprint density at radius 3 is 1.00 bits per heavy atom. The zero-order valence-corrected chi connectivity index (χ0v) is 19.3. The summed E-state index contributed by atoms with van der Waals surface area (Å²) in [5.41, 5.74) is 0. The second kappa shape index (κ2) is 7.50. The van der Waals surface area contributed by atoms with Gasteiger partial charge in [-0.05, 0) is 69.2 Å². The lowest BCUT2D eigenvalue weighted by atomic mass is 10.0. The fourth-order valence-electron chi connectivity index (χ4n) is 4.38. The van der Waals surface area contributed by atoms with Gasteiger partial charge in [0.2, 0.25) is 0 Å². The first-order valence-electron chi connectivity index (χ1n) is 10.4. The van der Waals surface area contributed by atoms with E-state index in [-0.39, 0.29) is 0 Å². The highest BCUT2D eigenvalue weighted by Crippen LogP contribution is 2.43. The van der Waals surface area contributed by atoms with Crippen molar-refractivity contribution < 1.29 is 19.2 Å². The van der Waals surface area contributed by atoms with Crippen LogP contribution in [0, 0.1) is 0 Å². The van der Waals surface area contributed by atoms with Gasteiger partial charge in [-0.15, -0.1) is 0 Å². The lowest BCUT2D eigenvalue weighted by molar-refractivity contribution is -0.175. The van der Waals surface area contributed by atoms with Crippen molar-refractivity contribution in [3.05, 3.63) is 0 Å². The van der Waals surface area contributed by atoms with Crippen LogP contribution >= 0.6 is 0 Å².